The number of rotatable bonds is 5. The third-order valence-electron chi connectivity index (χ3n) is 4.10. The van der Waals surface area contributed by atoms with Gasteiger partial charge in [-0.25, -0.2) is 13.1 Å². The third-order valence-corrected chi connectivity index (χ3v) is 5.82. The average Bonchev–Trinajstić information content (AvgIpc) is 2.87. The van der Waals surface area contributed by atoms with E-state index in [4.69, 9.17) is 0 Å². The van der Waals surface area contributed by atoms with E-state index in [1.54, 1.807) is 13.8 Å². The molecular formula is C16H20N4O3S. The molecule has 1 aromatic carbocycles. The number of sulfonamides is 1. The van der Waals surface area contributed by atoms with Crippen LogP contribution >= 0.6 is 0 Å². The normalized spacial score (nSPS) is 14.3. The quantitative estimate of drug-likeness (QED) is 0.760. The molecule has 0 saturated heterocycles. The van der Waals surface area contributed by atoms with Crippen LogP contribution in [0.5, 0.6) is 0 Å². The minimum Gasteiger partial charge on any atom is -0.326 e. The van der Waals surface area contributed by atoms with Crippen molar-refractivity contribution in [3.8, 4) is 0 Å². The zero-order valence-electron chi connectivity index (χ0n) is 13.6. The minimum atomic E-state index is -3.57. The summed E-state index contributed by atoms with van der Waals surface area (Å²) in [7, 11) is -3.57. The number of benzene rings is 1. The van der Waals surface area contributed by atoms with Gasteiger partial charge in [0.25, 0.3) is 0 Å². The van der Waals surface area contributed by atoms with Crippen molar-refractivity contribution < 1.29 is 13.2 Å². The minimum absolute atomic E-state index is 0.0360. The molecule has 128 valence electrons. The standard InChI is InChI=1S/C16H20N4O3S/c1-10-16(11(2)20-19-10)24(22,23)17-8-7-12-3-5-14-13(9-12)4-6-15(21)18-14/h3,5,9,17H,4,6-8H2,1-2H3,(H,18,21)(H,19,20). The molecule has 0 aliphatic carbocycles. The molecule has 3 N–H and O–H groups in total. The third kappa shape index (κ3) is 3.34. The van der Waals surface area contributed by atoms with Crippen LogP contribution in [0.1, 0.15) is 28.9 Å². The highest BCUT2D eigenvalue weighted by atomic mass is 32.2. The summed E-state index contributed by atoms with van der Waals surface area (Å²) in [5.74, 6) is 0.0360. The zero-order valence-corrected chi connectivity index (χ0v) is 14.5. The van der Waals surface area contributed by atoms with Gasteiger partial charge in [0.05, 0.1) is 11.4 Å². The van der Waals surface area contributed by atoms with Crippen molar-refractivity contribution in [2.75, 3.05) is 11.9 Å². The number of amides is 1. The smallest absolute Gasteiger partial charge is 0.244 e. The largest absolute Gasteiger partial charge is 0.326 e. The molecule has 0 saturated carbocycles. The van der Waals surface area contributed by atoms with Crippen LogP contribution in [0.15, 0.2) is 23.1 Å². The molecule has 1 aromatic heterocycles. The first-order valence-corrected chi connectivity index (χ1v) is 9.28. The van der Waals surface area contributed by atoms with Gasteiger partial charge in [-0.2, -0.15) is 5.10 Å². The van der Waals surface area contributed by atoms with Crippen LogP contribution in [0.25, 0.3) is 0 Å². The molecule has 1 aliphatic heterocycles. The Morgan fingerprint density at radius 1 is 1.25 bits per heavy atom. The summed E-state index contributed by atoms with van der Waals surface area (Å²) in [4.78, 5) is 11.6. The van der Waals surface area contributed by atoms with Gasteiger partial charge >= 0.3 is 0 Å². The van der Waals surface area contributed by atoms with Crippen molar-refractivity contribution in [1.82, 2.24) is 14.9 Å². The molecule has 0 bridgehead atoms. The van der Waals surface area contributed by atoms with Crippen LogP contribution in [0.4, 0.5) is 5.69 Å². The Hall–Kier alpha value is -2.19. The van der Waals surface area contributed by atoms with E-state index in [0.29, 0.717) is 37.2 Å². The highest BCUT2D eigenvalue weighted by molar-refractivity contribution is 7.89. The first-order valence-electron chi connectivity index (χ1n) is 7.80. The number of carbonyl (C=O) groups excluding carboxylic acids is 1. The lowest BCUT2D eigenvalue weighted by Crippen LogP contribution is -2.27. The fraction of sp³-hybridized carbons (Fsp3) is 0.375. The Morgan fingerprint density at radius 3 is 2.75 bits per heavy atom. The van der Waals surface area contributed by atoms with E-state index in [2.05, 4.69) is 20.2 Å². The second-order valence-corrected chi connectivity index (χ2v) is 7.65. The van der Waals surface area contributed by atoms with E-state index in [-0.39, 0.29) is 10.8 Å². The summed E-state index contributed by atoms with van der Waals surface area (Å²) in [5.41, 5.74) is 3.97. The van der Waals surface area contributed by atoms with E-state index in [1.807, 2.05) is 18.2 Å². The fourth-order valence-corrected chi connectivity index (χ4v) is 4.33. The van der Waals surface area contributed by atoms with Crippen molar-refractivity contribution in [3.63, 3.8) is 0 Å². The number of aromatic amines is 1. The molecule has 0 fully saturated rings. The van der Waals surface area contributed by atoms with Gasteiger partial charge in [-0.15, -0.1) is 0 Å². The van der Waals surface area contributed by atoms with Gasteiger partial charge in [-0.1, -0.05) is 12.1 Å². The topological polar surface area (TPSA) is 104 Å². The number of fused-ring (bicyclic) bond motifs is 1. The van der Waals surface area contributed by atoms with Crippen molar-refractivity contribution in [2.45, 2.75) is 38.0 Å². The zero-order chi connectivity index (χ0) is 17.3. The summed E-state index contributed by atoms with van der Waals surface area (Å²) >= 11 is 0. The molecule has 0 spiro atoms. The second-order valence-electron chi connectivity index (χ2n) is 5.95. The van der Waals surface area contributed by atoms with Gasteiger partial charge in [0.15, 0.2) is 0 Å². The molecule has 7 nitrogen and oxygen atoms in total. The number of nitrogens with one attached hydrogen (secondary N) is 3. The molecular weight excluding hydrogens is 328 g/mol. The summed E-state index contributed by atoms with van der Waals surface area (Å²) in [6.07, 6.45) is 1.78. The van der Waals surface area contributed by atoms with E-state index >= 15 is 0 Å². The lowest BCUT2D eigenvalue weighted by Gasteiger charge is -2.17. The number of aryl methyl sites for hydroxylation is 3. The van der Waals surface area contributed by atoms with Gasteiger partial charge in [-0.3, -0.25) is 9.89 Å². The Labute approximate surface area is 140 Å². The number of anilines is 1. The van der Waals surface area contributed by atoms with Crippen LogP contribution in [0, 0.1) is 13.8 Å². The summed E-state index contributed by atoms with van der Waals surface area (Å²) in [6.45, 7) is 3.65. The fourth-order valence-electron chi connectivity index (χ4n) is 2.93. The lowest BCUT2D eigenvalue weighted by molar-refractivity contribution is -0.116. The first-order chi connectivity index (χ1) is 11.4. The lowest BCUT2D eigenvalue weighted by atomic mass is 9.99. The number of aromatic nitrogens is 2. The number of hydrogen-bond acceptors (Lipinski definition) is 4. The predicted molar refractivity (Wildman–Crippen MR) is 90.3 cm³/mol. The Kier molecular flexibility index (Phi) is 4.42. The van der Waals surface area contributed by atoms with Crippen molar-refractivity contribution in [3.05, 3.63) is 40.7 Å². The maximum atomic E-state index is 12.4. The predicted octanol–water partition coefficient (Wildman–Crippen LogP) is 1.43. The highest BCUT2D eigenvalue weighted by Crippen LogP contribution is 2.23. The van der Waals surface area contributed by atoms with Crippen LogP contribution in [-0.4, -0.2) is 31.1 Å². The molecule has 24 heavy (non-hydrogen) atoms. The van der Waals surface area contributed by atoms with E-state index in [9.17, 15) is 13.2 Å². The summed E-state index contributed by atoms with van der Waals surface area (Å²) < 4.78 is 27.4. The molecule has 3 rings (SSSR count). The second kappa shape index (κ2) is 6.37. The van der Waals surface area contributed by atoms with Gasteiger partial charge in [0.2, 0.25) is 15.9 Å². The molecule has 2 heterocycles. The average molecular weight is 348 g/mol. The Morgan fingerprint density at radius 2 is 2.04 bits per heavy atom. The van der Waals surface area contributed by atoms with Gasteiger partial charge in [0, 0.05) is 18.7 Å². The summed E-state index contributed by atoms with van der Waals surface area (Å²) in [6, 6.07) is 5.81. The van der Waals surface area contributed by atoms with Crippen LogP contribution in [0.3, 0.4) is 0 Å². The molecule has 1 amide bonds. The van der Waals surface area contributed by atoms with Crippen LogP contribution in [-0.2, 0) is 27.7 Å². The summed E-state index contributed by atoms with van der Waals surface area (Å²) in [5, 5.41) is 9.45. The molecule has 0 radical (unpaired) electrons. The van der Waals surface area contributed by atoms with Crippen molar-refractivity contribution >= 4 is 21.6 Å². The number of carbonyl (C=O) groups is 1. The first kappa shape index (κ1) is 16.7. The van der Waals surface area contributed by atoms with Crippen LogP contribution < -0.4 is 10.0 Å². The Balaban J connectivity index is 1.66. The number of nitrogens with zero attached hydrogens (tertiary/aromatic N) is 1. The maximum Gasteiger partial charge on any atom is 0.244 e. The maximum absolute atomic E-state index is 12.4. The molecule has 8 heteroatoms. The van der Waals surface area contributed by atoms with Crippen molar-refractivity contribution in [1.29, 1.82) is 0 Å². The van der Waals surface area contributed by atoms with Gasteiger partial charge in [0.1, 0.15) is 4.90 Å². The highest BCUT2D eigenvalue weighted by Gasteiger charge is 2.21. The van der Waals surface area contributed by atoms with Gasteiger partial charge < -0.3 is 5.32 Å². The van der Waals surface area contributed by atoms with E-state index in [1.165, 1.54) is 0 Å². The number of hydrogen-bond donors (Lipinski definition) is 3. The van der Waals surface area contributed by atoms with Crippen molar-refractivity contribution in [2.24, 2.45) is 0 Å². The number of H-pyrrole nitrogens is 1. The molecule has 2 aromatic rings. The van der Waals surface area contributed by atoms with E-state index in [0.717, 1.165) is 16.8 Å². The van der Waals surface area contributed by atoms with Crippen LogP contribution in [0.2, 0.25) is 0 Å². The van der Waals surface area contributed by atoms with Gasteiger partial charge in [-0.05, 0) is 43.9 Å². The SMILES string of the molecule is Cc1n[nH]c(C)c1S(=O)(=O)NCCc1ccc2c(c1)CCC(=O)N2. The molecule has 0 unspecified atom stereocenters. The Bertz CT molecular complexity index is 867. The molecule has 0 atom stereocenters. The monoisotopic (exact) mass is 348 g/mol. The molecule has 1 aliphatic rings. The van der Waals surface area contributed by atoms with E-state index < -0.39 is 10.0 Å².